The zero-order chi connectivity index (χ0) is 22.1. The molecule has 2 heterocycles. The Bertz CT molecular complexity index is 1310. The first kappa shape index (κ1) is 19.6. The number of fused-ring (bicyclic) bond motifs is 1. The van der Waals surface area contributed by atoms with Crippen LogP contribution in [0.3, 0.4) is 0 Å². The number of hydrogen-bond donors (Lipinski definition) is 1. The van der Waals surface area contributed by atoms with Crippen molar-refractivity contribution < 1.29 is 14.4 Å². The zero-order valence-electron chi connectivity index (χ0n) is 17.0. The molecule has 0 radical (unpaired) electrons. The van der Waals surface area contributed by atoms with E-state index in [4.69, 9.17) is 0 Å². The summed E-state index contributed by atoms with van der Waals surface area (Å²) >= 11 is 0. The third-order valence-electron chi connectivity index (χ3n) is 5.51. The summed E-state index contributed by atoms with van der Waals surface area (Å²) in [4.78, 5) is 39.5. The third-order valence-corrected chi connectivity index (χ3v) is 5.51. The number of carbonyl (C=O) groups excluding carboxylic acids is 3. The first-order valence-electron chi connectivity index (χ1n) is 10.2. The lowest BCUT2D eigenvalue weighted by atomic mass is 10.1. The van der Waals surface area contributed by atoms with Crippen molar-refractivity contribution in [2.45, 2.75) is 6.42 Å². The first-order chi connectivity index (χ1) is 15.6. The molecule has 0 saturated carbocycles. The molecule has 1 fully saturated rings. The van der Waals surface area contributed by atoms with Crippen molar-refractivity contribution >= 4 is 40.1 Å². The van der Waals surface area contributed by atoms with Gasteiger partial charge in [-0.2, -0.15) is 4.68 Å². The zero-order valence-corrected chi connectivity index (χ0v) is 17.0. The van der Waals surface area contributed by atoms with Gasteiger partial charge in [0.15, 0.2) is 0 Å². The monoisotopic (exact) mass is 425 g/mol. The molecule has 5 rings (SSSR count). The smallest absolute Gasteiger partial charge is 0.280 e. The molecule has 3 aromatic carbocycles. The van der Waals surface area contributed by atoms with Gasteiger partial charge in [-0.1, -0.05) is 35.5 Å². The lowest BCUT2D eigenvalue weighted by Gasteiger charge is -2.16. The highest BCUT2D eigenvalue weighted by Crippen LogP contribution is 2.26. The number of amides is 2. The van der Waals surface area contributed by atoms with Crippen LogP contribution in [0.4, 0.5) is 11.4 Å². The predicted octanol–water partition coefficient (Wildman–Crippen LogP) is 3.11. The van der Waals surface area contributed by atoms with Crippen LogP contribution in [0.2, 0.25) is 0 Å². The Kier molecular flexibility index (Phi) is 4.95. The van der Waals surface area contributed by atoms with Crippen molar-refractivity contribution in [2.24, 2.45) is 5.92 Å². The molecule has 1 aliphatic heterocycles. The van der Waals surface area contributed by atoms with Crippen LogP contribution < -0.4 is 10.2 Å². The van der Waals surface area contributed by atoms with Crippen molar-refractivity contribution in [2.75, 3.05) is 16.8 Å². The van der Waals surface area contributed by atoms with E-state index in [9.17, 15) is 14.4 Å². The molecule has 4 aromatic rings. The molecule has 0 spiro atoms. The van der Waals surface area contributed by atoms with E-state index >= 15 is 0 Å². The second kappa shape index (κ2) is 8.07. The van der Waals surface area contributed by atoms with E-state index in [0.717, 1.165) is 5.69 Å². The molecule has 0 aliphatic carbocycles. The molecule has 1 unspecified atom stereocenters. The first-order valence-corrected chi connectivity index (χ1v) is 10.2. The molecule has 0 bridgehead atoms. The van der Waals surface area contributed by atoms with Gasteiger partial charge in [-0.05, 0) is 48.5 Å². The second-order valence-electron chi connectivity index (χ2n) is 7.60. The van der Waals surface area contributed by atoms with Crippen molar-refractivity contribution in [3.63, 3.8) is 0 Å². The number of nitrogens with one attached hydrogen (secondary N) is 1. The van der Waals surface area contributed by atoms with E-state index in [1.165, 1.54) is 4.68 Å². The fraction of sp³-hybridized carbons (Fsp3) is 0.125. The summed E-state index contributed by atoms with van der Waals surface area (Å²) in [6.45, 7) is 0.338. The van der Waals surface area contributed by atoms with Gasteiger partial charge in [0.2, 0.25) is 11.8 Å². The molecule has 8 heteroatoms. The topological polar surface area (TPSA) is 97.2 Å². The second-order valence-corrected chi connectivity index (χ2v) is 7.60. The van der Waals surface area contributed by atoms with Crippen molar-refractivity contribution in [1.82, 2.24) is 15.0 Å². The Labute approximate surface area is 183 Å². The van der Waals surface area contributed by atoms with Crippen LogP contribution in [0.15, 0.2) is 78.9 Å². The van der Waals surface area contributed by atoms with Gasteiger partial charge >= 0.3 is 0 Å². The summed E-state index contributed by atoms with van der Waals surface area (Å²) in [5.74, 6) is -1.04. The number of hydrogen-bond acceptors (Lipinski definition) is 5. The molecule has 1 aliphatic rings. The Morgan fingerprint density at radius 1 is 0.906 bits per heavy atom. The minimum Gasteiger partial charge on any atom is -0.326 e. The summed E-state index contributed by atoms with van der Waals surface area (Å²) in [7, 11) is 0. The molecule has 158 valence electrons. The number of anilines is 2. The number of aromatic nitrogens is 3. The molecular weight excluding hydrogens is 406 g/mol. The predicted molar refractivity (Wildman–Crippen MR) is 119 cm³/mol. The average Bonchev–Trinajstić information content (AvgIpc) is 3.43. The van der Waals surface area contributed by atoms with E-state index < -0.39 is 5.92 Å². The van der Waals surface area contributed by atoms with Gasteiger partial charge in [-0.3, -0.25) is 14.4 Å². The Balaban J connectivity index is 1.26. The van der Waals surface area contributed by atoms with Gasteiger partial charge in [-0.25, -0.2) is 0 Å². The van der Waals surface area contributed by atoms with Gasteiger partial charge in [-0.15, -0.1) is 5.10 Å². The Morgan fingerprint density at radius 2 is 1.62 bits per heavy atom. The molecule has 32 heavy (non-hydrogen) atoms. The SMILES string of the molecule is O=C(Nc1ccc(C(=O)n2nnc3ccccc32)cc1)C1CC(=O)N(c2ccccc2)C1. The van der Waals surface area contributed by atoms with E-state index in [0.29, 0.717) is 28.8 Å². The van der Waals surface area contributed by atoms with Crippen LogP contribution in [0.1, 0.15) is 16.8 Å². The maximum Gasteiger partial charge on any atom is 0.280 e. The Hall–Kier alpha value is -4.33. The highest BCUT2D eigenvalue weighted by Gasteiger charge is 2.35. The summed E-state index contributed by atoms with van der Waals surface area (Å²) < 4.78 is 1.26. The number of rotatable bonds is 4. The summed E-state index contributed by atoms with van der Waals surface area (Å²) in [6.07, 6.45) is 0.163. The maximum atomic E-state index is 12.8. The van der Waals surface area contributed by atoms with Crippen LogP contribution in [-0.2, 0) is 9.59 Å². The number of carbonyl (C=O) groups is 3. The molecule has 1 atom stereocenters. The van der Waals surface area contributed by atoms with Crippen LogP contribution >= 0.6 is 0 Å². The van der Waals surface area contributed by atoms with E-state index in [2.05, 4.69) is 15.6 Å². The average molecular weight is 425 g/mol. The fourth-order valence-electron chi connectivity index (χ4n) is 3.82. The molecule has 2 amide bonds. The van der Waals surface area contributed by atoms with Gasteiger partial charge in [0.25, 0.3) is 5.91 Å². The summed E-state index contributed by atoms with van der Waals surface area (Å²) in [5.41, 5.74) is 3.03. The number of para-hydroxylation sites is 2. The lowest BCUT2D eigenvalue weighted by Crippen LogP contribution is -2.28. The van der Waals surface area contributed by atoms with E-state index in [-0.39, 0.29) is 24.1 Å². The maximum absolute atomic E-state index is 12.8. The van der Waals surface area contributed by atoms with Crippen molar-refractivity contribution in [1.29, 1.82) is 0 Å². The minimum absolute atomic E-state index is 0.0719. The van der Waals surface area contributed by atoms with Gasteiger partial charge in [0.05, 0.1) is 11.4 Å². The molecule has 1 saturated heterocycles. The molecule has 1 aromatic heterocycles. The summed E-state index contributed by atoms with van der Waals surface area (Å²) in [5, 5.41) is 10.8. The lowest BCUT2D eigenvalue weighted by molar-refractivity contribution is -0.122. The van der Waals surface area contributed by atoms with E-state index in [1.807, 2.05) is 42.5 Å². The van der Waals surface area contributed by atoms with Gasteiger partial charge in [0, 0.05) is 29.9 Å². The quantitative estimate of drug-likeness (QED) is 0.542. The highest BCUT2D eigenvalue weighted by atomic mass is 16.2. The highest BCUT2D eigenvalue weighted by molar-refractivity contribution is 6.04. The van der Waals surface area contributed by atoms with E-state index in [1.54, 1.807) is 41.3 Å². The van der Waals surface area contributed by atoms with Crippen molar-refractivity contribution in [3.8, 4) is 0 Å². The normalized spacial score (nSPS) is 15.8. The van der Waals surface area contributed by atoms with Crippen LogP contribution in [0.5, 0.6) is 0 Å². The van der Waals surface area contributed by atoms with Gasteiger partial charge < -0.3 is 10.2 Å². The number of benzene rings is 3. The van der Waals surface area contributed by atoms with Gasteiger partial charge in [0.1, 0.15) is 5.52 Å². The molecule has 8 nitrogen and oxygen atoms in total. The third kappa shape index (κ3) is 3.62. The Morgan fingerprint density at radius 3 is 2.41 bits per heavy atom. The van der Waals surface area contributed by atoms with Crippen LogP contribution in [0, 0.1) is 5.92 Å². The largest absolute Gasteiger partial charge is 0.326 e. The molecular formula is C24H19N5O3. The summed E-state index contributed by atoms with van der Waals surface area (Å²) in [6, 6.07) is 23.1. The molecule has 1 N–H and O–H groups in total. The minimum atomic E-state index is -0.439. The van der Waals surface area contributed by atoms with Crippen LogP contribution in [0.25, 0.3) is 11.0 Å². The standard InChI is InChI=1S/C24H19N5O3/c30-22-14-17(15-28(22)19-6-2-1-3-7-19)23(31)25-18-12-10-16(11-13-18)24(32)29-21-9-5-4-8-20(21)26-27-29/h1-13,17H,14-15H2,(H,25,31). The fourth-order valence-corrected chi connectivity index (χ4v) is 3.82. The van der Waals surface area contributed by atoms with Crippen molar-refractivity contribution in [3.05, 3.63) is 84.4 Å². The van der Waals surface area contributed by atoms with Crippen LogP contribution in [-0.4, -0.2) is 39.3 Å². The number of nitrogens with zero attached hydrogens (tertiary/aromatic N) is 4.